The van der Waals surface area contributed by atoms with E-state index in [2.05, 4.69) is 21.0 Å². The average Bonchev–Trinajstić information content (AvgIpc) is 1.73. The largest absolute Gasteiger partial charge is 0.611 e. The zero-order chi connectivity index (χ0) is 6.28. The first-order chi connectivity index (χ1) is 3.27. The number of hydrogen-bond acceptors (Lipinski definition) is 1. The molecule has 71 valence electrons. The van der Waals surface area contributed by atoms with E-state index in [9.17, 15) is 0 Å². The fourth-order valence-electron chi connectivity index (χ4n) is 0. The Morgan fingerprint density at radius 2 is 1.00 bits per heavy atom. The summed E-state index contributed by atoms with van der Waals surface area (Å²) in [5.74, 6) is 0. The Hall–Kier alpha value is 3.27. The molecule has 0 rings (SSSR count). The normalized spacial score (nSPS) is 4.50. The molecule has 0 heterocycles. The van der Waals surface area contributed by atoms with E-state index < -0.39 is 0 Å². The minimum Gasteiger partial charge on any atom is -0.611 e. The molecule has 0 saturated heterocycles. The second-order valence-corrected chi connectivity index (χ2v) is 0.987. The number of rotatable bonds is 1. The monoisotopic (exact) mass is 397 g/mol. The van der Waals surface area contributed by atoms with Crippen LogP contribution in [0.15, 0.2) is 0 Å². The van der Waals surface area contributed by atoms with Crippen molar-refractivity contribution in [2.45, 2.75) is 13.8 Å². The van der Waals surface area contributed by atoms with Crippen LogP contribution in [-0.2, 0) is 98.1 Å². The van der Waals surface area contributed by atoms with Crippen molar-refractivity contribution in [1.82, 2.24) is 4.90 Å². The first-order valence-electron chi connectivity index (χ1n) is 2.36. The summed E-state index contributed by atoms with van der Waals surface area (Å²) >= 11 is 0. The number of nitrogens with zero attached hydrogens (tertiary/aromatic N) is 1. The smallest absolute Gasteiger partial charge is 0 e. The summed E-state index contributed by atoms with van der Waals surface area (Å²) in [7, 11) is 6.96. The van der Waals surface area contributed by atoms with Crippen molar-refractivity contribution in [3.63, 3.8) is 0 Å². The topological polar surface area (TPSA) is 3.24 Å². The maximum Gasteiger partial charge on any atom is 0 e. The maximum absolute atomic E-state index is 3.48. The second kappa shape index (κ2) is 47.5. The van der Waals surface area contributed by atoms with Crippen LogP contribution in [0.25, 0.3) is 0 Å². The van der Waals surface area contributed by atoms with Crippen LogP contribution in [0.5, 0.6) is 0 Å². The molecule has 0 amide bonds. The van der Waals surface area contributed by atoms with E-state index in [1.807, 2.05) is 6.92 Å². The van der Waals surface area contributed by atoms with Gasteiger partial charge in [0.25, 0.3) is 0 Å². The van der Waals surface area contributed by atoms with Gasteiger partial charge in [-0.05, 0) is 0 Å². The Kier molecular flexibility index (Phi) is 180. The van der Waals surface area contributed by atoms with Crippen molar-refractivity contribution < 1.29 is 98.1 Å². The summed E-state index contributed by atoms with van der Waals surface area (Å²) in [6, 6.07) is 0. The van der Waals surface area contributed by atoms with Crippen LogP contribution < -0.4 is 0 Å². The van der Waals surface area contributed by atoms with E-state index in [1.165, 1.54) is 0 Å². The van der Waals surface area contributed by atoms with E-state index in [4.69, 9.17) is 0 Å². The molecular formula is C8H20NY3-5. The molecule has 0 aliphatic carbocycles. The van der Waals surface area contributed by atoms with Gasteiger partial charge in [0.05, 0.1) is 0 Å². The van der Waals surface area contributed by atoms with E-state index in [1.54, 1.807) is 11.8 Å². The Labute approximate surface area is 156 Å². The molecule has 0 bridgehead atoms. The molecule has 0 aromatic heterocycles. The fraction of sp³-hybridized carbons (Fsp3) is 0.375. The van der Waals surface area contributed by atoms with Gasteiger partial charge in [0, 0.05) is 98.1 Å². The van der Waals surface area contributed by atoms with Gasteiger partial charge in [-0.2, -0.15) is 6.92 Å². The molecule has 0 unspecified atom stereocenters. The van der Waals surface area contributed by atoms with Gasteiger partial charge in [0.15, 0.2) is 0 Å². The van der Waals surface area contributed by atoms with Crippen LogP contribution >= 0.6 is 0 Å². The molecule has 0 spiro atoms. The molecule has 0 atom stereocenters. The minimum atomic E-state index is 0. The van der Waals surface area contributed by atoms with Crippen molar-refractivity contribution in [2.24, 2.45) is 0 Å². The predicted molar refractivity (Wildman–Crippen MR) is 47.0 cm³/mol. The summed E-state index contributed by atoms with van der Waals surface area (Å²) in [6.45, 7) is 7.92. The van der Waals surface area contributed by atoms with Gasteiger partial charge in [0.2, 0.25) is 0 Å². The Morgan fingerprint density at radius 3 is 1.00 bits per heavy atom. The quantitative estimate of drug-likeness (QED) is 0.616. The number of hydrogen-bond donors (Lipinski definition) is 0. The Balaban J connectivity index is -0.00000000671. The summed E-state index contributed by atoms with van der Waals surface area (Å²) in [5.41, 5.74) is 0. The molecule has 0 aromatic rings. The molecule has 0 aliphatic heterocycles. The summed E-state index contributed by atoms with van der Waals surface area (Å²) in [4.78, 5) is 1.62. The second-order valence-electron chi connectivity index (χ2n) is 0.987. The van der Waals surface area contributed by atoms with Gasteiger partial charge in [-0.3, -0.25) is 0 Å². The van der Waals surface area contributed by atoms with Crippen LogP contribution in [0.2, 0.25) is 0 Å². The van der Waals surface area contributed by atoms with Gasteiger partial charge < -0.3 is 40.8 Å². The van der Waals surface area contributed by atoms with Crippen LogP contribution in [0.3, 0.4) is 0 Å². The average molecular weight is 397 g/mol. The minimum absolute atomic E-state index is 0. The standard InChI is InChI=1S/C4H9N.C2H5.2CH3.3Y/c1-4-5(2)3;1-2;;;;;/h2-4H2,1H3;1H2,2H3;2*1H3;;;/q-2;3*-1;;;. The van der Waals surface area contributed by atoms with E-state index in [-0.39, 0.29) is 113 Å². The van der Waals surface area contributed by atoms with Crippen LogP contribution in [-0.4, -0.2) is 11.4 Å². The van der Waals surface area contributed by atoms with Gasteiger partial charge in [0.1, 0.15) is 0 Å². The molecule has 0 aliphatic rings. The van der Waals surface area contributed by atoms with Crippen molar-refractivity contribution in [1.29, 1.82) is 0 Å². The molecule has 12 heavy (non-hydrogen) atoms. The summed E-state index contributed by atoms with van der Waals surface area (Å²) in [5, 5.41) is 0. The zero-order valence-corrected chi connectivity index (χ0v) is 17.5. The fourth-order valence-corrected chi connectivity index (χ4v) is 0. The Morgan fingerprint density at radius 1 is 0.917 bits per heavy atom. The van der Waals surface area contributed by atoms with Gasteiger partial charge >= 0.3 is 0 Å². The van der Waals surface area contributed by atoms with Gasteiger partial charge in [-0.1, -0.05) is 13.5 Å². The molecule has 3 radical (unpaired) electrons. The van der Waals surface area contributed by atoms with Crippen LogP contribution in [0.4, 0.5) is 0 Å². The SMILES string of the molecule is [CH2-]C.[CH2-]N([CH2-])CC.[CH3-].[CH3-].[Y].[Y].[Y]. The molecule has 0 fully saturated rings. The zero-order valence-electron chi connectivity index (χ0n) is 9.01. The third-order valence-corrected chi connectivity index (χ3v) is 0.447. The van der Waals surface area contributed by atoms with Crippen LogP contribution in [0.1, 0.15) is 13.8 Å². The molecular weight excluding hydrogens is 377 g/mol. The molecule has 0 saturated carbocycles. The van der Waals surface area contributed by atoms with Crippen molar-refractivity contribution >= 4 is 0 Å². The van der Waals surface area contributed by atoms with Crippen molar-refractivity contribution in [3.05, 3.63) is 35.9 Å². The molecule has 0 N–H and O–H groups in total. The molecule has 4 heteroatoms. The Bertz CT molecular complexity index is 28.3. The van der Waals surface area contributed by atoms with Gasteiger partial charge in [-0.15, -0.1) is 0 Å². The third kappa shape index (κ3) is 71.9. The van der Waals surface area contributed by atoms with Crippen LogP contribution in [0, 0.1) is 35.9 Å². The predicted octanol–water partition coefficient (Wildman–Crippen LogP) is 2.62. The third-order valence-electron chi connectivity index (χ3n) is 0.447. The van der Waals surface area contributed by atoms with E-state index >= 15 is 0 Å². The van der Waals surface area contributed by atoms with E-state index in [0.717, 1.165) is 6.54 Å². The van der Waals surface area contributed by atoms with Crippen molar-refractivity contribution in [3.8, 4) is 0 Å². The van der Waals surface area contributed by atoms with E-state index in [0.29, 0.717) is 0 Å². The van der Waals surface area contributed by atoms with Crippen molar-refractivity contribution in [2.75, 3.05) is 6.54 Å². The van der Waals surface area contributed by atoms with Gasteiger partial charge in [-0.25, -0.2) is 0 Å². The first-order valence-corrected chi connectivity index (χ1v) is 2.36. The first kappa shape index (κ1) is 45.5. The molecule has 1 nitrogen and oxygen atoms in total. The molecule has 0 aromatic carbocycles. The summed E-state index contributed by atoms with van der Waals surface area (Å²) in [6.07, 6.45) is 0. The summed E-state index contributed by atoms with van der Waals surface area (Å²) < 4.78 is 0. The maximum atomic E-state index is 3.48.